The third-order valence-corrected chi connectivity index (χ3v) is 4.10. The van der Waals surface area contributed by atoms with Gasteiger partial charge in [0.15, 0.2) is 0 Å². The molecule has 0 amide bonds. The van der Waals surface area contributed by atoms with Crippen LogP contribution in [0.4, 0.5) is 0 Å². The van der Waals surface area contributed by atoms with E-state index in [-0.39, 0.29) is 0 Å². The lowest BCUT2D eigenvalue weighted by Gasteiger charge is -2.03. The molecular formula is C13H15NS2. The van der Waals surface area contributed by atoms with Crippen molar-refractivity contribution >= 4 is 23.1 Å². The Morgan fingerprint density at radius 1 is 1.19 bits per heavy atom. The summed E-state index contributed by atoms with van der Waals surface area (Å²) >= 11 is 3.66. The van der Waals surface area contributed by atoms with E-state index in [9.17, 15) is 0 Å². The van der Waals surface area contributed by atoms with Crippen molar-refractivity contribution < 1.29 is 0 Å². The maximum Gasteiger partial charge on any atom is 0.0178 e. The van der Waals surface area contributed by atoms with E-state index in [1.54, 1.807) is 11.3 Å². The van der Waals surface area contributed by atoms with Crippen molar-refractivity contribution in [2.45, 2.75) is 17.9 Å². The van der Waals surface area contributed by atoms with Crippen LogP contribution in [0.25, 0.3) is 0 Å². The molecule has 16 heavy (non-hydrogen) atoms. The van der Waals surface area contributed by atoms with Crippen molar-refractivity contribution in [1.82, 2.24) is 0 Å². The van der Waals surface area contributed by atoms with Gasteiger partial charge in [-0.1, -0.05) is 12.1 Å². The quantitative estimate of drug-likeness (QED) is 0.820. The smallest absolute Gasteiger partial charge is 0.0178 e. The molecule has 0 unspecified atom stereocenters. The zero-order valence-electron chi connectivity index (χ0n) is 9.06. The first-order valence-electron chi connectivity index (χ1n) is 5.31. The Kier molecular flexibility index (Phi) is 4.45. The number of nitrogens with two attached hydrogens (primary N) is 1. The van der Waals surface area contributed by atoms with Crippen molar-refractivity contribution in [2.24, 2.45) is 5.73 Å². The monoisotopic (exact) mass is 249 g/mol. The Labute approximate surface area is 105 Å². The van der Waals surface area contributed by atoms with Crippen LogP contribution in [-0.4, -0.2) is 5.75 Å². The molecule has 1 aromatic heterocycles. The van der Waals surface area contributed by atoms with Crippen LogP contribution >= 0.6 is 23.1 Å². The second-order valence-corrected chi connectivity index (χ2v) is 5.53. The van der Waals surface area contributed by atoms with Gasteiger partial charge in [0.25, 0.3) is 0 Å². The molecule has 2 rings (SSSR count). The summed E-state index contributed by atoms with van der Waals surface area (Å²) in [6, 6.07) is 10.7. The lowest BCUT2D eigenvalue weighted by molar-refractivity contribution is 1.06. The molecule has 0 atom stereocenters. The van der Waals surface area contributed by atoms with Crippen LogP contribution in [0, 0.1) is 0 Å². The molecule has 1 aromatic carbocycles. The second-order valence-electron chi connectivity index (χ2n) is 3.58. The number of rotatable bonds is 5. The summed E-state index contributed by atoms with van der Waals surface area (Å²) in [6.07, 6.45) is 1.14. The minimum absolute atomic E-state index is 0.624. The maximum atomic E-state index is 5.62. The predicted octanol–water partition coefficient (Wildman–Crippen LogP) is 3.54. The number of hydrogen-bond donors (Lipinski definition) is 1. The standard InChI is InChI=1S/C13H15NS2/c14-9-12-2-1-3-13(8-12)16-7-5-11-4-6-15-10-11/h1-4,6,8,10H,5,7,9,14H2. The van der Waals surface area contributed by atoms with Gasteiger partial charge in [0.2, 0.25) is 0 Å². The molecule has 1 nitrogen and oxygen atoms in total. The summed E-state index contributed by atoms with van der Waals surface area (Å²) in [7, 11) is 0. The van der Waals surface area contributed by atoms with E-state index in [0.29, 0.717) is 6.54 Å². The maximum absolute atomic E-state index is 5.62. The fourth-order valence-electron chi connectivity index (χ4n) is 1.48. The average molecular weight is 249 g/mol. The SMILES string of the molecule is NCc1cccc(SCCc2ccsc2)c1. The van der Waals surface area contributed by atoms with E-state index in [4.69, 9.17) is 5.73 Å². The highest BCUT2D eigenvalue weighted by Crippen LogP contribution is 2.20. The fraction of sp³-hybridized carbons (Fsp3) is 0.231. The lowest BCUT2D eigenvalue weighted by atomic mass is 10.2. The van der Waals surface area contributed by atoms with Gasteiger partial charge in [0, 0.05) is 17.2 Å². The Hall–Kier alpha value is -0.770. The number of thiophene rings is 1. The van der Waals surface area contributed by atoms with Crippen molar-refractivity contribution in [3.8, 4) is 0 Å². The lowest BCUT2D eigenvalue weighted by Crippen LogP contribution is -1.95. The van der Waals surface area contributed by atoms with Crippen LogP contribution in [0.5, 0.6) is 0 Å². The number of benzene rings is 1. The van der Waals surface area contributed by atoms with Gasteiger partial charge >= 0.3 is 0 Å². The van der Waals surface area contributed by atoms with Gasteiger partial charge in [0.05, 0.1) is 0 Å². The van der Waals surface area contributed by atoms with Crippen LogP contribution in [0.15, 0.2) is 46.0 Å². The van der Waals surface area contributed by atoms with E-state index in [0.717, 1.165) is 12.2 Å². The molecule has 2 N–H and O–H groups in total. The van der Waals surface area contributed by atoms with Crippen molar-refractivity contribution in [1.29, 1.82) is 0 Å². The molecule has 0 aliphatic carbocycles. The van der Waals surface area contributed by atoms with Gasteiger partial charge in [0.1, 0.15) is 0 Å². The molecule has 0 saturated carbocycles. The topological polar surface area (TPSA) is 26.0 Å². The van der Waals surface area contributed by atoms with Crippen LogP contribution < -0.4 is 5.73 Å². The molecule has 0 aliphatic heterocycles. The molecule has 3 heteroatoms. The zero-order valence-corrected chi connectivity index (χ0v) is 10.7. The third kappa shape index (κ3) is 3.37. The highest BCUT2D eigenvalue weighted by molar-refractivity contribution is 7.99. The van der Waals surface area contributed by atoms with Gasteiger partial charge < -0.3 is 5.73 Å². The van der Waals surface area contributed by atoms with E-state index < -0.39 is 0 Å². The summed E-state index contributed by atoms with van der Waals surface area (Å²) in [4.78, 5) is 1.32. The molecule has 0 bridgehead atoms. The summed E-state index contributed by atoms with van der Waals surface area (Å²) < 4.78 is 0. The highest BCUT2D eigenvalue weighted by atomic mass is 32.2. The van der Waals surface area contributed by atoms with E-state index >= 15 is 0 Å². The largest absolute Gasteiger partial charge is 0.326 e. The van der Waals surface area contributed by atoms with Gasteiger partial charge in [-0.2, -0.15) is 11.3 Å². The first-order valence-corrected chi connectivity index (χ1v) is 7.24. The summed E-state index contributed by atoms with van der Waals surface area (Å²) in [5.74, 6) is 1.13. The summed E-state index contributed by atoms with van der Waals surface area (Å²) in [5.41, 5.74) is 8.26. The highest BCUT2D eigenvalue weighted by Gasteiger charge is 1.97. The molecule has 0 radical (unpaired) electrons. The van der Waals surface area contributed by atoms with E-state index in [1.807, 2.05) is 11.8 Å². The van der Waals surface area contributed by atoms with Crippen LogP contribution in [0.1, 0.15) is 11.1 Å². The fourth-order valence-corrected chi connectivity index (χ4v) is 3.17. The first-order chi connectivity index (χ1) is 7.88. The predicted molar refractivity (Wildman–Crippen MR) is 73.1 cm³/mol. The molecule has 0 saturated heterocycles. The van der Waals surface area contributed by atoms with Crippen LogP contribution in [0.3, 0.4) is 0 Å². The molecule has 1 heterocycles. The Bertz CT molecular complexity index is 423. The van der Waals surface area contributed by atoms with Gasteiger partial charge in [-0.3, -0.25) is 0 Å². The van der Waals surface area contributed by atoms with Crippen molar-refractivity contribution in [3.05, 3.63) is 52.2 Å². The molecule has 0 fully saturated rings. The molecule has 0 aliphatic rings. The third-order valence-electron chi connectivity index (χ3n) is 2.37. The zero-order chi connectivity index (χ0) is 11.2. The number of aryl methyl sites for hydroxylation is 1. The van der Waals surface area contributed by atoms with E-state index in [2.05, 4.69) is 41.1 Å². The van der Waals surface area contributed by atoms with Gasteiger partial charge in [-0.05, 0) is 46.5 Å². The van der Waals surface area contributed by atoms with Gasteiger partial charge in [-0.25, -0.2) is 0 Å². The van der Waals surface area contributed by atoms with Crippen LogP contribution in [-0.2, 0) is 13.0 Å². The van der Waals surface area contributed by atoms with Crippen molar-refractivity contribution in [3.63, 3.8) is 0 Å². The molecule has 0 spiro atoms. The summed E-state index contributed by atoms with van der Waals surface area (Å²) in [6.45, 7) is 0.624. The molecular weight excluding hydrogens is 234 g/mol. The molecule has 2 aromatic rings. The molecule has 84 valence electrons. The van der Waals surface area contributed by atoms with Crippen molar-refractivity contribution in [2.75, 3.05) is 5.75 Å². The van der Waals surface area contributed by atoms with Gasteiger partial charge in [-0.15, -0.1) is 11.8 Å². The minimum Gasteiger partial charge on any atom is -0.326 e. The Morgan fingerprint density at radius 3 is 2.88 bits per heavy atom. The van der Waals surface area contributed by atoms with Crippen LogP contribution in [0.2, 0.25) is 0 Å². The summed E-state index contributed by atoms with van der Waals surface area (Å²) in [5, 5.41) is 4.35. The Balaban J connectivity index is 1.85. The number of hydrogen-bond acceptors (Lipinski definition) is 3. The average Bonchev–Trinajstić information content (AvgIpc) is 2.82. The normalized spacial score (nSPS) is 10.6. The minimum atomic E-state index is 0.624. The Morgan fingerprint density at radius 2 is 2.12 bits per heavy atom. The van der Waals surface area contributed by atoms with E-state index in [1.165, 1.54) is 16.0 Å². The number of thioether (sulfide) groups is 1. The first kappa shape index (κ1) is 11.7. The second kappa shape index (κ2) is 6.09.